The number of nitrogens with zero attached hydrogens (tertiary/aromatic N) is 1. The van der Waals surface area contributed by atoms with E-state index in [1.54, 1.807) is 20.8 Å². The second-order valence-corrected chi connectivity index (χ2v) is 6.07. The first-order valence-corrected chi connectivity index (χ1v) is 6.45. The molecule has 1 fully saturated rings. The van der Waals surface area contributed by atoms with Crippen molar-refractivity contribution in [1.82, 2.24) is 4.31 Å². The zero-order valence-electron chi connectivity index (χ0n) is 10.5. The second-order valence-electron chi connectivity index (χ2n) is 4.58. The molecule has 0 N–H and O–H groups in total. The summed E-state index contributed by atoms with van der Waals surface area (Å²) in [4.78, 5) is 22.8. The lowest BCUT2D eigenvalue weighted by Gasteiger charge is -2.22. The molecule has 0 radical (unpaired) electrons. The molecule has 0 unspecified atom stereocenters. The van der Waals surface area contributed by atoms with Crippen molar-refractivity contribution in [3.63, 3.8) is 0 Å². The van der Waals surface area contributed by atoms with Crippen LogP contribution in [-0.4, -0.2) is 50.1 Å². The van der Waals surface area contributed by atoms with Gasteiger partial charge >= 0.3 is 22.4 Å². The zero-order valence-corrected chi connectivity index (χ0v) is 11.3. The molecule has 1 aliphatic rings. The van der Waals surface area contributed by atoms with Gasteiger partial charge in [-0.05, 0) is 20.8 Å². The van der Waals surface area contributed by atoms with Crippen LogP contribution in [0.5, 0.6) is 0 Å². The monoisotopic (exact) mass is 281 g/mol. The smallest absolute Gasteiger partial charge is 0.425 e. The first-order valence-electron chi connectivity index (χ1n) is 5.08. The van der Waals surface area contributed by atoms with E-state index in [0.29, 0.717) is 4.31 Å². The predicted octanol–water partition coefficient (Wildman–Crippen LogP) is 0.0401. The molecule has 8 nitrogen and oxygen atoms in total. The normalized spacial score (nSPS) is 22.7. The van der Waals surface area contributed by atoms with Crippen LogP contribution in [0.3, 0.4) is 0 Å². The van der Waals surface area contributed by atoms with E-state index in [9.17, 15) is 18.0 Å². The van der Waals surface area contributed by atoms with Crippen molar-refractivity contribution < 1.29 is 31.7 Å². The summed E-state index contributed by atoms with van der Waals surface area (Å²) in [7, 11) is -3.21. The van der Waals surface area contributed by atoms with Gasteiger partial charge in [0.1, 0.15) is 5.60 Å². The number of esters is 1. The Morgan fingerprint density at radius 2 is 1.89 bits per heavy atom. The molecule has 0 aliphatic carbocycles. The number of carbonyl (C=O) groups is 2. The summed E-state index contributed by atoms with van der Waals surface area (Å²) in [6, 6.07) is 0. The molecule has 0 spiro atoms. The van der Waals surface area contributed by atoms with Crippen molar-refractivity contribution in [3.8, 4) is 0 Å². The first-order chi connectivity index (χ1) is 8.07. The summed E-state index contributed by atoms with van der Waals surface area (Å²) in [6.45, 7) is 4.31. The van der Waals surface area contributed by atoms with Crippen molar-refractivity contribution in [1.29, 1.82) is 0 Å². The molecule has 0 bridgehead atoms. The van der Waals surface area contributed by atoms with E-state index in [0.717, 1.165) is 7.11 Å². The Morgan fingerprint density at radius 1 is 1.33 bits per heavy atom. The van der Waals surface area contributed by atoms with E-state index >= 15 is 0 Å². The molecule has 1 amide bonds. The highest BCUT2D eigenvalue weighted by Crippen LogP contribution is 2.21. The number of rotatable bonds is 1. The Balaban J connectivity index is 2.84. The number of methoxy groups -OCH3 is 1. The quantitative estimate of drug-likeness (QED) is 0.625. The molecule has 0 aromatic carbocycles. The molecule has 104 valence electrons. The molecule has 18 heavy (non-hydrogen) atoms. The summed E-state index contributed by atoms with van der Waals surface area (Å²) in [5.41, 5.74) is -0.851. The maximum atomic E-state index is 11.6. The van der Waals surface area contributed by atoms with Gasteiger partial charge < -0.3 is 9.47 Å². The zero-order chi connectivity index (χ0) is 14.1. The van der Waals surface area contributed by atoms with Crippen LogP contribution in [-0.2, 0) is 28.8 Å². The maximum Gasteiger partial charge on any atom is 0.425 e. The molecule has 1 aliphatic heterocycles. The van der Waals surface area contributed by atoms with Gasteiger partial charge in [0.05, 0.1) is 13.7 Å². The molecule has 1 saturated heterocycles. The van der Waals surface area contributed by atoms with Crippen molar-refractivity contribution >= 4 is 22.4 Å². The van der Waals surface area contributed by atoms with Gasteiger partial charge in [0.25, 0.3) is 0 Å². The van der Waals surface area contributed by atoms with Gasteiger partial charge in [-0.25, -0.2) is 13.8 Å². The number of carbonyl (C=O) groups excluding carboxylic acids is 2. The van der Waals surface area contributed by atoms with Crippen molar-refractivity contribution in [3.05, 3.63) is 0 Å². The highest BCUT2D eigenvalue weighted by Gasteiger charge is 2.46. The lowest BCUT2D eigenvalue weighted by atomic mass is 10.2. The number of hydrogen-bond donors (Lipinski definition) is 0. The lowest BCUT2D eigenvalue weighted by molar-refractivity contribution is -0.147. The van der Waals surface area contributed by atoms with Gasteiger partial charge in [0.15, 0.2) is 6.10 Å². The lowest BCUT2D eigenvalue weighted by Crippen LogP contribution is -2.38. The molecule has 0 aromatic rings. The average Bonchev–Trinajstić information content (AvgIpc) is 2.50. The molecule has 1 atom stereocenters. The third-order valence-electron chi connectivity index (χ3n) is 1.90. The van der Waals surface area contributed by atoms with Crippen LogP contribution >= 0.6 is 0 Å². The molecular weight excluding hydrogens is 266 g/mol. The molecule has 1 rings (SSSR count). The van der Waals surface area contributed by atoms with Crippen LogP contribution in [0.15, 0.2) is 0 Å². The number of hydrogen-bond acceptors (Lipinski definition) is 7. The average molecular weight is 281 g/mol. The van der Waals surface area contributed by atoms with Gasteiger partial charge in [0, 0.05) is 0 Å². The second kappa shape index (κ2) is 4.73. The third-order valence-corrected chi connectivity index (χ3v) is 3.21. The van der Waals surface area contributed by atoms with E-state index in [1.807, 2.05) is 0 Å². The van der Waals surface area contributed by atoms with E-state index in [4.69, 9.17) is 4.74 Å². The van der Waals surface area contributed by atoms with E-state index < -0.39 is 40.6 Å². The van der Waals surface area contributed by atoms with Crippen molar-refractivity contribution in [2.45, 2.75) is 32.5 Å². The van der Waals surface area contributed by atoms with Crippen LogP contribution in [0.1, 0.15) is 20.8 Å². The van der Waals surface area contributed by atoms with Crippen LogP contribution in [0.25, 0.3) is 0 Å². The molecule has 0 saturated carbocycles. The van der Waals surface area contributed by atoms with Crippen LogP contribution in [0.2, 0.25) is 0 Å². The fraction of sp³-hybridized carbons (Fsp3) is 0.778. The predicted molar refractivity (Wildman–Crippen MR) is 58.7 cm³/mol. The Kier molecular flexibility index (Phi) is 3.86. The van der Waals surface area contributed by atoms with Crippen LogP contribution < -0.4 is 0 Å². The van der Waals surface area contributed by atoms with Gasteiger partial charge in [-0.15, -0.1) is 0 Å². The summed E-state index contributed by atoms with van der Waals surface area (Å²) in [6.07, 6.45) is -2.44. The number of ether oxygens (including phenoxy) is 2. The minimum atomic E-state index is -4.31. The van der Waals surface area contributed by atoms with E-state index in [2.05, 4.69) is 8.92 Å². The molecule has 9 heteroatoms. The highest BCUT2D eigenvalue weighted by atomic mass is 32.2. The fourth-order valence-corrected chi connectivity index (χ4v) is 2.27. The Bertz CT molecular complexity index is 450. The van der Waals surface area contributed by atoms with Crippen molar-refractivity contribution in [2.75, 3.05) is 13.7 Å². The molecule has 1 heterocycles. The van der Waals surface area contributed by atoms with Gasteiger partial charge in [0.2, 0.25) is 0 Å². The Labute approximate surface area is 105 Å². The SMILES string of the molecule is COC(=O)[C@@H]1CN(C(=O)OC(C)(C)C)S(=O)(=O)O1. The van der Waals surface area contributed by atoms with Gasteiger partial charge in [-0.1, -0.05) is 0 Å². The standard InChI is InChI=1S/C9H15NO7S/c1-9(2,3)16-8(12)10-5-6(7(11)15-4)17-18(10,13)14/h6H,5H2,1-4H3/t6-/m0/s1. The Hall–Kier alpha value is -1.35. The molecule has 0 aromatic heterocycles. The van der Waals surface area contributed by atoms with Gasteiger partial charge in [-0.3, -0.25) is 0 Å². The number of amides is 1. The highest BCUT2D eigenvalue weighted by molar-refractivity contribution is 7.85. The topological polar surface area (TPSA) is 99.2 Å². The first kappa shape index (κ1) is 14.7. The summed E-state index contributed by atoms with van der Waals surface area (Å²) >= 11 is 0. The molecular formula is C9H15NO7S. The van der Waals surface area contributed by atoms with E-state index in [1.165, 1.54) is 0 Å². The Morgan fingerprint density at radius 3 is 2.33 bits per heavy atom. The van der Waals surface area contributed by atoms with Crippen LogP contribution in [0, 0.1) is 0 Å². The minimum Gasteiger partial charge on any atom is -0.467 e. The minimum absolute atomic E-state index is 0.361. The largest absolute Gasteiger partial charge is 0.467 e. The van der Waals surface area contributed by atoms with Crippen LogP contribution in [0.4, 0.5) is 4.79 Å². The summed E-state index contributed by atoms with van der Waals surface area (Å²) in [5, 5.41) is 0. The fourth-order valence-electron chi connectivity index (χ4n) is 1.19. The van der Waals surface area contributed by atoms with Gasteiger partial charge in [-0.2, -0.15) is 12.7 Å². The summed E-state index contributed by atoms with van der Waals surface area (Å²) in [5.74, 6) is -0.871. The van der Waals surface area contributed by atoms with E-state index in [-0.39, 0.29) is 0 Å². The maximum absolute atomic E-state index is 11.6. The third kappa shape index (κ3) is 3.33. The van der Waals surface area contributed by atoms with Crippen molar-refractivity contribution in [2.24, 2.45) is 0 Å². The summed E-state index contributed by atoms with van der Waals surface area (Å²) < 4.78 is 37.1.